The number of hydrogen-bond acceptors (Lipinski definition) is 5. The Kier molecular flexibility index (Phi) is 2.81. The van der Waals surface area contributed by atoms with Gasteiger partial charge in [0, 0.05) is 30.6 Å². The molecular weight excluding hydrogens is 248 g/mol. The number of amides is 1. The van der Waals surface area contributed by atoms with Crippen LogP contribution in [0.3, 0.4) is 0 Å². The highest BCUT2D eigenvalue weighted by Gasteiger charge is 2.30. The van der Waals surface area contributed by atoms with Gasteiger partial charge < -0.3 is 5.73 Å². The topological polar surface area (TPSA) is 72.1 Å². The predicted octanol–water partition coefficient (Wildman–Crippen LogP) is 1.27. The number of hydrogen-bond donors (Lipinski definition) is 1. The molecular formula is C12H12N4OS. The molecule has 0 aromatic carbocycles. The molecule has 0 spiro atoms. The van der Waals surface area contributed by atoms with Gasteiger partial charge in [-0.2, -0.15) is 0 Å². The Morgan fingerprint density at radius 3 is 2.94 bits per heavy atom. The van der Waals surface area contributed by atoms with Crippen molar-refractivity contribution < 1.29 is 4.79 Å². The van der Waals surface area contributed by atoms with Crippen LogP contribution in [0, 0.1) is 0 Å². The molecule has 0 saturated carbocycles. The molecule has 5 nitrogen and oxygen atoms in total. The van der Waals surface area contributed by atoms with Crippen LogP contribution in [0.4, 0.5) is 5.13 Å². The molecule has 1 unspecified atom stereocenters. The lowest BCUT2D eigenvalue weighted by Gasteiger charge is -2.11. The zero-order chi connectivity index (χ0) is 12.5. The normalized spacial score (nSPS) is 19.5. The number of pyridine rings is 1. The summed E-state index contributed by atoms with van der Waals surface area (Å²) < 4.78 is 0. The number of thiazole rings is 1. The van der Waals surface area contributed by atoms with E-state index in [4.69, 9.17) is 5.73 Å². The average Bonchev–Trinajstić information content (AvgIpc) is 2.97. The van der Waals surface area contributed by atoms with Crippen molar-refractivity contribution in [1.82, 2.24) is 9.97 Å². The number of nitrogens with zero attached hydrogens (tertiary/aromatic N) is 3. The van der Waals surface area contributed by atoms with E-state index in [1.807, 2.05) is 23.6 Å². The molecule has 0 radical (unpaired) electrons. The molecule has 18 heavy (non-hydrogen) atoms. The average molecular weight is 260 g/mol. The number of carbonyl (C=O) groups is 1. The second-order valence-corrected chi connectivity index (χ2v) is 5.04. The summed E-state index contributed by atoms with van der Waals surface area (Å²) in [4.78, 5) is 22.1. The minimum absolute atomic E-state index is 0.0458. The van der Waals surface area contributed by atoms with Crippen LogP contribution in [-0.4, -0.2) is 28.5 Å². The van der Waals surface area contributed by atoms with Gasteiger partial charge in [-0.15, -0.1) is 11.3 Å². The molecule has 1 aliphatic rings. The van der Waals surface area contributed by atoms with Gasteiger partial charge in [-0.05, 0) is 12.1 Å². The Morgan fingerprint density at radius 1 is 1.39 bits per heavy atom. The SMILES string of the molecule is NC1CC(=O)N(c2nc(-c3ccccn3)cs2)C1. The van der Waals surface area contributed by atoms with Crippen molar-refractivity contribution in [2.45, 2.75) is 12.5 Å². The Hall–Kier alpha value is -1.79. The molecule has 2 aromatic heterocycles. The molecule has 2 N–H and O–H groups in total. The van der Waals surface area contributed by atoms with Gasteiger partial charge in [0.25, 0.3) is 0 Å². The third kappa shape index (κ3) is 2.00. The molecule has 1 saturated heterocycles. The standard InChI is InChI=1S/C12H12N4OS/c13-8-5-11(17)16(6-8)12-15-10(7-18-12)9-3-1-2-4-14-9/h1-4,7-8H,5-6,13H2. The first-order valence-electron chi connectivity index (χ1n) is 5.67. The second kappa shape index (κ2) is 4.47. The summed E-state index contributed by atoms with van der Waals surface area (Å²) in [5.41, 5.74) is 7.38. The molecule has 1 atom stereocenters. The van der Waals surface area contributed by atoms with Crippen LogP contribution in [-0.2, 0) is 4.79 Å². The van der Waals surface area contributed by atoms with Crippen LogP contribution in [0.15, 0.2) is 29.8 Å². The Balaban J connectivity index is 1.88. The highest BCUT2D eigenvalue weighted by atomic mass is 32.1. The van der Waals surface area contributed by atoms with Gasteiger partial charge in [-0.25, -0.2) is 4.98 Å². The smallest absolute Gasteiger partial charge is 0.230 e. The minimum atomic E-state index is -0.0836. The molecule has 92 valence electrons. The third-order valence-electron chi connectivity index (χ3n) is 2.81. The highest BCUT2D eigenvalue weighted by molar-refractivity contribution is 7.14. The Bertz CT molecular complexity index is 568. The molecule has 0 aliphatic carbocycles. The summed E-state index contributed by atoms with van der Waals surface area (Å²) in [6, 6.07) is 5.59. The van der Waals surface area contributed by atoms with Gasteiger partial charge in [0.15, 0.2) is 5.13 Å². The van der Waals surface area contributed by atoms with E-state index in [0.717, 1.165) is 11.4 Å². The maximum atomic E-state index is 11.7. The second-order valence-electron chi connectivity index (χ2n) is 4.20. The van der Waals surface area contributed by atoms with Gasteiger partial charge in [0.1, 0.15) is 5.69 Å². The van der Waals surface area contributed by atoms with Gasteiger partial charge in [0.2, 0.25) is 5.91 Å². The van der Waals surface area contributed by atoms with E-state index in [0.29, 0.717) is 18.1 Å². The summed E-state index contributed by atoms with van der Waals surface area (Å²) in [5, 5.41) is 2.61. The number of anilines is 1. The van der Waals surface area contributed by atoms with Crippen LogP contribution in [0.1, 0.15) is 6.42 Å². The minimum Gasteiger partial charge on any atom is -0.326 e. The summed E-state index contributed by atoms with van der Waals surface area (Å²) in [7, 11) is 0. The summed E-state index contributed by atoms with van der Waals surface area (Å²) in [6.45, 7) is 0.550. The van der Waals surface area contributed by atoms with E-state index in [9.17, 15) is 4.79 Å². The van der Waals surface area contributed by atoms with Crippen LogP contribution in [0.25, 0.3) is 11.4 Å². The van der Waals surface area contributed by atoms with Crippen LogP contribution < -0.4 is 10.6 Å². The van der Waals surface area contributed by atoms with E-state index in [2.05, 4.69) is 9.97 Å². The van der Waals surface area contributed by atoms with Crippen molar-refractivity contribution in [3.8, 4) is 11.4 Å². The van der Waals surface area contributed by atoms with Crippen molar-refractivity contribution in [2.75, 3.05) is 11.4 Å². The lowest BCUT2D eigenvalue weighted by atomic mass is 10.3. The lowest BCUT2D eigenvalue weighted by molar-refractivity contribution is -0.117. The maximum absolute atomic E-state index is 11.7. The highest BCUT2D eigenvalue weighted by Crippen LogP contribution is 2.28. The molecule has 2 aromatic rings. The van der Waals surface area contributed by atoms with Gasteiger partial charge in [-0.1, -0.05) is 6.07 Å². The van der Waals surface area contributed by atoms with Crippen molar-refractivity contribution in [3.63, 3.8) is 0 Å². The molecule has 1 aliphatic heterocycles. The fraction of sp³-hybridized carbons (Fsp3) is 0.250. The van der Waals surface area contributed by atoms with E-state index in [-0.39, 0.29) is 11.9 Å². The molecule has 6 heteroatoms. The maximum Gasteiger partial charge on any atom is 0.230 e. The summed E-state index contributed by atoms with van der Waals surface area (Å²) in [5.74, 6) is 0.0458. The molecule has 1 amide bonds. The van der Waals surface area contributed by atoms with E-state index < -0.39 is 0 Å². The predicted molar refractivity (Wildman–Crippen MR) is 70.3 cm³/mol. The Morgan fingerprint density at radius 2 is 2.28 bits per heavy atom. The lowest BCUT2D eigenvalue weighted by Crippen LogP contribution is -2.27. The first-order valence-corrected chi connectivity index (χ1v) is 6.55. The first kappa shape index (κ1) is 11.3. The third-order valence-corrected chi connectivity index (χ3v) is 3.67. The number of nitrogens with two attached hydrogens (primary N) is 1. The van der Waals surface area contributed by atoms with Gasteiger partial charge in [-0.3, -0.25) is 14.7 Å². The monoisotopic (exact) mass is 260 g/mol. The number of aromatic nitrogens is 2. The van der Waals surface area contributed by atoms with E-state index in [1.165, 1.54) is 11.3 Å². The van der Waals surface area contributed by atoms with Crippen molar-refractivity contribution in [3.05, 3.63) is 29.8 Å². The summed E-state index contributed by atoms with van der Waals surface area (Å²) in [6.07, 6.45) is 2.13. The quantitative estimate of drug-likeness (QED) is 0.882. The first-order chi connectivity index (χ1) is 8.74. The van der Waals surface area contributed by atoms with Crippen molar-refractivity contribution >= 4 is 22.4 Å². The largest absolute Gasteiger partial charge is 0.326 e. The summed E-state index contributed by atoms with van der Waals surface area (Å²) >= 11 is 1.45. The zero-order valence-electron chi connectivity index (χ0n) is 9.61. The van der Waals surface area contributed by atoms with Crippen molar-refractivity contribution in [1.29, 1.82) is 0 Å². The molecule has 3 heterocycles. The van der Waals surface area contributed by atoms with Crippen LogP contribution >= 0.6 is 11.3 Å². The number of rotatable bonds is 2. The van der Waals surface area contributed by atoms with Crippen LogP contribution in [0.2, 0.25) is 0 Å². The number of carbonyl (C=O) groups excluding carboxylic acids is 1. The van der Waals surface area contributed by atoms with Crippen LogP contribution in [0.5, 0.6) is 0 Å². The zero-order valence-corrected chi connectivity index (χ0v) is 10.4. The van der Waals surface area contributed by atoms with E-state index in [1.54, 1.807) is 11.1 Å². The fourth-order valence-electron chi connectivity index (χ4n) is 1.94. The molecule has 1 fully saturated rings. The fourth-order valence-corrected chi connectivity index (χ4v) is 2.79. The molecule has 3 rings (SSSR count). The van der Waals surface area contributed by atoms with Gasteiger partial charge in [0.05, 0.1) is 5.69 Å². The van der Waals surface area contributed by atoms with Crippen molar-refractivity contribution in [2.24, 2.45) is 5.73 Å². The van der Waals surface area contributed by atoms with E-state index >= 15 is 0 Å². The molecule has 0 bridgehead atoms. The Labute approximate surface area is 108 Å². The van der Waals surface area contributed by atoms with Gasteiger partial charge >= 0.3 is 0 Å².